The molecule has 5 rings (SSSR count). The fourth-order valence-corrected chi connectivity index (χ4v) is 7.05. The first kappa shape index (κ1) is 22.0. The summed E-state index contributed by atoms with van der Waals surface area (Å²) < 4.78 is 27.5. The molecule has 7 heteroatoms. The van der Waals surface area contributed by atoms with Gasteiger partial charge in [0.05, 0.1) is 11.9 Å². The molecule has 1 amide bonds. The van der Waals surface area contributed by atoms with Crippen LogP contribution in [0.25, 0.3) is 0 Å². The number of fused-ring (bicyclic) bond motifs is 5. The molecule has 5 atom stereocenters. The van der Waals surface area contributed by atoms with Crippen LogP contribution in [0, 0.1) is 34.8 Å². The van der Waals surface area contributed by atoms with Gasteiger partial charge in [0.25, 0.3) is 0 Å². The number of carbonyl (C=O) groups excluding carboxylic acids is 1. The molecule has 2 aromatic rings. The minimum absolute atomic E-state index is 0.106. The van der Waals surface area contributed by atoms with E-state index in [0.717, 1.165) is 48.7 Å². The molecule has 2 fully saturated rings. The molecule has 1 heterocycles. The van der Waals surface area contributed by atoms with Crippen molar-refractivity contribution in [2.75, 3.05) is 5.32 Å². The Hall–Kier alpha value is -2.83. The topological polar surface area (TPSA) is 74.6 Å². The Bertz CT molecular complexity index is 1090. The van der Waals surface area contributed by atoms with Crippen LogP contribution in [0.4, 0.5) is 14.6 Å². The van der Waals surface area contributed by atoms with Gasteiger partial charge in [-0.05, 0) is 91.5 Å². The van der Waals surface area contributed by atoms with Crippen molar-refractivity contribution in [2.45, 2.75) is 57.8 Å². The second-order valence-corrected chi connectivity index (χ2v) is 10.1. The van der Waals surface area contributed by atoms with Crippen molar-refractivity contribution in [1.82, 2.24) is 4.98 Å². The number of amides is 1. The van der Waals surface area contributed by atoms with Crippen molar-refractivity contribution in [1.29, 1.82) is 0 Å². The van der Waals surface area contributed by atoms with E-state index in [9.17, 15) is 18.8 Å². The van der Waals surface area contributed by atoms with E-state index in [0.29, 0.717) is 36.9 Å². The van der Waals surface area contributed by atoms with E-state index in [1.54, 1.807) is 6.07 Å². The van der Waals surface area contributed by atoms with Crippen LogP contribution in [0.1, 0.15) is 62.5 Å². The van der Waals surface area contributed by atoms with Crippen molar-refractivity contribution >= 4 is 17.4 Å². The minimum Gasteiger partial charge on any atom is -0.411 e. The van der Waals surface area contributed by atoms with Gasteiger partial charge in [-0.1, -0.05) is 24.2 Å². The summed E-state index contributed by atoms with van der Waals surface area (Å²) in [7, 11) is 0. The lowest BCUT2D eigenvalue weighted by molar-refractivity contribution is -0.116. The molecule has 0 spiro atoms. The Labute approximate surface area is 192 Å². The monoisotopic (exact) mass is 453 g/mol. The van der Waals surface area contributed by atoms with Gasteiger partial charge >= 0.3 is 0 Å². The maximum atomic E-state index is 14.5. The smallest absolute Gasteiger partial charge is 0.225 e. The van der Waals surface area contributed by atoms with Gasteiger partial charge in [-0.15, -0.1) is 0 Å². The van der Waals surface area contributed by atoms with Crippen LogP contribution in [0.15, 0.2) is 41.7 Å². The van der Waals surface area contributed by atoms with Crippen LogP contribution in [-0.4, -0.2) is 21.8 Å². The van der Waals surface area contributed by atoms with Crippen molar-refractivity contribution < 1.29 is 18.8 Å². The molecule has 0 bridgehead atoms. The highest BCUT2D eigenvalue weighted by molar-refractivity contribution is 5.93. The van der Waals surface area contributed by atoms with Gasteiger partial charge in [0.1, 0.15) is 17.5 Å². The molecule has 2 saturated carbocycles. The maximum Gasteiger partial charge on any atom is 0.225 e. The van der Waals surface area contributed by atoms with E-state index in [1.165, 1.54) is 12.1 Å². The molecular formula is C26H29F2N3O2. The van der Waals surface area contributed by atoms with Gasteiger partial charge in [-0.3, -0.25) is 4.79 Å². The zero-order chi connectivity index (χ0) is 23.2. The number of anilines is 1. The first-order chi connectivity index (χ1) is 15.9. The minimum atomic E-state index is -0.449. The molecule has 2 N–H and O–H groups in total. The number of oxime groups is 1. The van der Waals surface area contributed by atoms with E-state index in [2.05, 4.69) is 28.4 Å². The molecule has 3 aliphatic carbocycles. The van der Waals surface area contributed by atoms with Crippen molar-refractivity contribution in [3.8, 4) is 0 Å². The van der Waals surface area contributed by atoms with Crippen LogP contribution in [-0.2, 0) is 11.2 Å². The summed E-state index contributed by atoms with van der Waals surface area (Å²) in [5.74, 6) is 0.809. The zero-order valence-electron chi connectivity index (χ0n) is 18.7. The molecule has 1 aromatic heterocycles. The molecule has 174 valence electrons. The van der Waals surface area contributed by atoms with E-state index in [4.69, 9.17) is 0 Å². The summed E-state index contributed by atoms with van der Waals surface area (Å²) in [6.07, 6.45) is 6.24. The third-order valence-corrected chi connectivity index (χ3v) is 8.45. The summed E-state index contributed by atoms with van der Waals surface area (Å²) in [4.78, 5) is 16.5. The second kappa shape index (κ2) is 8.50. The van der Waals surface area contributed by atoms with Crippen LogP contribution >= 0.6 is 0 Å². The number of benzene rings is 1. The highest BCUT2D eigenvalue weighted by Gasteiger charge is 2.57. The molecule has 0 radical (unpaired) electrons. The Morgan fingerprint density at radius 1 is 1.27 bits per heavy atom. The van der Waals surface area contributed by atoms with E-state index < -0.39 is 5.82 Å². The third kappa shape index (κ3) is 3.81. The average Bonchev–Trinajstić information content (AvgIpc) is 3.11. The van der Waals surface area contributed by atoms with Crippen LogP contribution in [0.2, 0.25) is 0 Å². The lowest BCUT2D eigenvalue weighted by Crippen LogP contribution is -2.44. The van der Waals surface area contributed by atoms with Gasteiger partial charge in [-0.25, -0.2) is 13.8 Å². The van der Waals surface area contributed by atoms with Gasteiger partial charge in [-0.2, -0.15) is 0 Å². The third-order valence-electron chi connectivity index (χ3n) is 8.45. The van der Waals surface area contributed by atoms with Crippen molar-refractivity contribution in [3.63, 3.8) is 0 Å². The zero-order valence-corrected chi connectivity index (χ0v) is 18.7. The average molecular weight is 454 g/mol. The molecule has 33 heavy (non-hydrogen) atoms. The fraction of sp³-hybridized carbons (Fsp3) is 0.500. The molecule has 5 nitrogen and oxygen atoms in total. The molecule has 0 aliphatic heterocycles. The normalized spacial score (nSPS) is 31.5. The molecular weight excluding hydrogens is 424 g/mol. The summed E-state index contributed by atoms with van der Waals surface area (Å²) in [6, 6.07) is 8.15. The Balaban J connectivity index is 1.35. The molecule has 0 saturated heterocycles. The number of pyridine rings is 1. The lowest BCUT2D eigenvalue weighted by Gasteiger charge is -2.50. The number of hydrogen-bond acceptors (Lipinski definition) is 4. The summed E-state index contributed by atoms with van der Waals surface area (Å²) in [5.41, 5.74) is 2.64. The highest BCUT2D eigenvalue weighted by atomic mass is 19.1. The summed E-state index contributed by atoms with van der Waals surface area (Å²) >= 11 is 0. The van der Waals surface area contributed by atoms with Gasteiger partial charge < -0.3 is 10.5 Å². The van der Waals surface area contributed by atoms with Crippen LogP contribution < -0.4 is 5.32 Å². The van der Waals surface area contributed by atoms with E-state index in [-0.39, 0.29) is 29.0 Å². The number of aromatic nitrogens is 1. The summed E-state index contributed by atoms with van der Waals surface area (Å²) in [5, 5.41) is 16.2. The first-order valence-corrected chi connectivity index (χ1v) is 11.8. The number of hydrogen-bond donors (Lipinski definition) is 2. The first-order valence-electron chi connectivity index (χ1n) is 11.8. The van der Waals surface area contributed by atoms with Gasteiger partial charge in [0, 0.05) is 11.8 Å². The van der Waals surface area contributed by atoms with Gasteiger partial charge in [0.2, 0.25) is 5.91 Å². The number of rotatable bonds is 4. The molecule has 3 aliphatic rings. The number of halogens is 2. The van der Waals surface area contributed by atoms with Crippen molar-refractivity contribution in [3.05, 3.63) is 59.3 Å². The predicted molar refractivity (Wildman–Crippen MR) is 121 cm³/mol. The largest absolute Gasteiger partial charge is 0.411 e. The highest BCUT2D eigenvalue weighted by Crippen LogP contribution is 2.62. The quantitative estimate of drug-likeness (QED) is 0.461. The van der Waals surface area contributed by atoms with E-state index >= 15 is 0 Å². The van der Waals surface area contributed by atoms with Crippen molar-refractivity contribution in [2.24, 2.45) is 28.3 Å². The number of carbonyl (C=O) groups is 1. The Kier molecular flexibility index (Phi) is 5.67. The SMILES string of the molecule is C[C@]12CCC3c4cccc(F)c4CCC3C1[C@H](CCC(=O)Nc1ccc(F)cn1)C/C2=N\O. The number of nitrogens with zero attached hydrogens (tertiary/aromatic N) is 2. The fourth-order valence-electron chi connectivity index (χ4n) is 7.05. The second-order valence-electron chi connectivity index (χ2n) is 10.1. The maximum absolute atomic E-state index is 14.5. The van der Waals surface area contributed by atoms with Crippen LogP contribution in [0.3, 0.4) is 0 Å². The molecule has 3 unspecified atom stereocenters. The number of nitrogens with one attached hydrogen (secondary N) is 1. The summed E-state index contributed by atoms with van der Waals surface area (Å²) in [6.45, 7) is 2.20. The van der Waals surface area contributed by atoms with Gasteiger partial charge in [0.15, 0.2) is 0 Å². The predicted octanol–water partition coefficient (Wildman–Crippen LogP) is 5.69. The van der Waals surface area contributed by atoms with Crippen LogP contribution in [0.5, 0.6) is 0 Å². The standard InChI is InChI=1S/C26H29F2N3O2/c1-26-12-11-18-17-3-2-4-21(28)19(17)7-8-20(18)25(26)15(13-22(26)31-33)5-10-24(32)30-23-9-6-16(27)14-29-23/h2-4,6,9,14-15,18,20,25,33H,5,7-8,10-13H2,1H3,(H,29,30,32)/b31-22+/t15-,18?,20?,25?,26-/m1/s1. The van der Waals surface area contributed by atoms with E-state index in [1.807, 2.05) is 6.07 Å². The molecule has 1 aromatic carbocycles. The Morgan fingerprint density at radius 2 is 2.12 bits per heavy atom. The lowest BCUT2D eigenvalue weighted by atomic mass is 9.54. The Morgan fingerprint density at radius 3 is 2.88 bits per heavy atom.